The van der Waals surface area contributed by atoms with Crippen LogP contribution in [0.4, 0.5) is 0 Å². The molecule has 0 bridgehead atoms. The second kappa shape index (κ2) is 6.84. The smallest absolute Gasteiger partial charge is 0.164 e. The van der Waals surface area contributed by atoms with Crippen molar-refractivity contribution in [2.75, 3.05) is 26.3 Å². The third-order valence-electron chi connectivity index (χ3n) is 6.45. The summed E-state index contributed by atoms with van der Waals surface area (Å²) in [6.07, 6.45) is 2.79. The molecule has 0 amide bonds. The van der Waals surface area contributed by atoms with E-state index in [0.717, 1.165) is 49.4 Å². The first-order valence-corrected chi connectivity index (χ1v) is 10.1. The molecule has 1 N–H and O–H groups in total. The molecule has 1 saturated heterocycles. The van der Waals surface area contributed by atoms with Gasteiger partial charge in [0.15, 0.2) is 11.5 Å². The Morgan fingerprint density at radius 3 is 2.67 bits per heavy atom. The van der Waals surface area contributed by atoms with Crippen LogP contribution in [0.2, 0.25) is 0 Å². The van der Waals surface area contributed by atoms with E-state index in [2.05, 4.69) is 42.2 Å². The molecular formula is C23H27NO3. The Morgan fingerprint density at radius 1 is 1.00 bits per heavy atom. The normalized spacial score (nSPS) is 25.4. The number of nitrogens with zero attached hydrogens (tertiary/aromatic N) is 1. The molecule has 27 heavy (non-hydrogen) atoms. The van der Waals surface area contributed by atoms with Crippen LogP contribution in [-0.2, 0) is 6.42 Å². The molecule has 2 aromatic rings. The number of para-hydroxylation sites is 1. The largest absolute Gasteiger partial charge is 0.486 e. The average Bonchev–Trinajstić information content (AvgIpc) is 3.04. The number of hydrogen-bond donors (Lipinski definition) is 1. The van der Waals surface area contributed by atoms with Gasteiger partial charge in [0.1, 0.15) is 13.2 Å². The lowest BCUT2D eigenvalue weighted by molar-refractivity contribution is 0.0454. The highest BCUT2D eigenvalue weighted by Crippen LogP contribution is 2.43. The van der Waals surface area contributed by atoms with Crippen LogP contribution in [0.3, 0.4) is 0 Å². The first-order valence-electron chi connectivity index (χ1n) is 10.1. The minimum Gasteiger partial charge on any atom is -0.486 e. The number of hydrogen-bond acceptors (Lipinski definition) is 4. The Hall–Kier alpha value is -2.04. The molecule has 2 atom stereocenters. The van der Waals surface area contributed by atoms with Crippen LogP contribution >= 0.6 is 0 Å². The van der Waals surface area contributed by atoms with Gasteiger partial charge in [-0.3, -0.25) is 4.90 Å². The lowest BCUT2D eigenvalue weighted by Gasteiger charge is -2.38. The third kappa shape index (κ3) is 3.01. The number of ether oxygens (including phenoxy) is 2. The van der Waals surface area contributed by atoms with Crippen LogP contribution in [-0.4, -0.2) is 42.4 Å². The fraction of sp³-hybridized carbons (Fsp3) is 0.478. The number of aryl methyl sites for hydroxylation is 1. The standard InChI is InChI=1S/C23H27NO3/c1-15-5-6-17-14-20(22(25)19(17)13-15)24-9-7-16(8-10-24)18-3-2-4-21-23(18)27-12-11-26-21/h2-6,13,16,20,22,25H,7-12,14H2,1H3/t20-,22-/m1/s1. The second-order valence-corrected chi connectivity index (χ2v) is 8.10. The summed E-state index contributed by atoms with van der Waals surface area (Å²) in [6.45, 7) is 5.40. The van der Waals surface area contributed by atoms with Crippen molar-refractivity contribution in [1.29, 1.82) is 0 Å². The molecule has 4 heteroatoms. The summed E-state index contributed by atoms with van der Waals surface area (Å²) in [5.41, 5.74) is 4.95. The number of piperidine rings is 1. The Balaban J connectivity index is 1.29. The van der Waals surface area contributed by atoms with Gasteiger partial charge < -0.3 is 14.6 Å². The predicted molar refractivity (Wildman–Crippen MR) is 105 cm³/mol. The number of aliphatic hydroxyl groups excluding tert-OH is 1. The molecule has 0 saturated carbocycles. The zero-order chi connectivity index (χ0) is 18.4. The summed E-state index contributed by atoms with van der Waals surface area (Å²) < 4.78 is 11.7. The van der Waals surface area contributed by atoms with E-state index < -0.39 is 0 Å². The molecule has 0 unspecified atom stereocenters. The Kier molecular flexibility index (Phi) is 4.33. The zero-order valence-electron chi connectivity index (χ0n) is 15.9. The average molecular weight is 365 g/mol. The predicted octanol–water partition coefficient (Wildman–Crippen LogP) is 3.60. The number of likely N-dealkylation sites (tertiary alicyclic amines) is 1. The van der Waals surface area contributed by atoms with Crippen molar-refractivity contribution >= 4 is 0 Å². The quantitative estimate of drug-likeness (QED) is 0.883. The van der Waals surface area contributed by atoms with Gasteiger partial charge in [-0.25, -0.2) is 0 Å². The molecule has 0 spiro atoms. The van der Waals surface area contributed by atoms with E-state index in [0.29, 0.717) is 19.1 Å². The highest BCUT2D eigenvalue weighted by atomic mass is 16.6. The monoisotopic (exact) mass is 365 g/mol. The highest BCUT2D eigenvalue weighted by Gasteiger charge is 2.37. The van der Waals surface area contributed by atoms with Crippen LogP contribution in [0, 0.1) is 6.92 Å². The molecule has 2 aliphatic heterocycles. The molecule has 2 heterocycles. The summed E-state index contributed by atoms with van der Waals surface area (Å²) in [7, 11) is 0. The van der Waals surface area contributed by atoms with Gasteiger partial charge in [-0.2, -0.15) is 0 Å². The summed E-state index contributed by atoms with van der Waals surface area (Å²) in [5, 5.41) is 10.9. The maximum absolute atomic E-state index is 10.9. The Bertz CT molecular complexity index is 842. The number of benzene rings is 2. The minimum atomic E-state index is -0.363. The number of rotatable bonds is 2. The Morgan fingerprint density at radius 2 is 1.81 bits per heavy atom. The van der Waals surface area contributed by atoms with Crippen LogP contribution in [0.25, 0.3) is 0 Å². The summed E-state index contributed by atoms with van der Waals surface area (Å²) in [5.74, 6) is 2.34. The van der Waals surface area contributed by atoms with E-state index in [-0.39, 0.29) is 12.1 Å². The van der Waals surface area contributed by atoms with Crippen LogP contribution in [0.5, 0.6) is 11.5 Å². The third-order valence-corrected chi connectivity index (χ3v) is 6.45. The molecule has 5 rings (SSSR count). The van der Waals surface area contributed by atoms with Crippen molar-refractivity contribution < 1.29 is 14.6 Å². The summed E-state index contributed by atoms with van der Waals surface area (Å²) >= 11 is 0. The van der Waals surface area contributed by atoms with Gasteiger partial charge in [0.25, 0.3) is 0 Å². The van der Waals surface area contributed by atoms with Gasteiger partial charge in [0.2, 0.25) is 0 Å². The molecule has 2 aromatic carbocycles. The molecule has 142 valence electrons. The van der Waals surface area contributed by atoms with Gasteiger partial charge in [-0.15, -0.1) is 0 Å². The summed E-state index contributed by atoms with van der Waals surface area (Å²) in [4.78, 5) is 2.49. The lowest BCUT2D eigenvalue weighted by atomic mass is 9.87. The van der Waals surface area contributed by atoms with Gasteiger partial charge in [-0.05, 0) is 62.4 Å². The zero-order valence-corrected chi connectivity index (χ0v) is 15.9. The maximum Gasteiger partial charge on any atom is 0.164 e. The van der Waals surface area contributed by atoms with Crippen molar-refractivity contribution in [3.8, 4) is 11.5 Å². The topological polar surface area (TPSA) is 41.9 Å². The van der Waals surface area contributed by atoms with Gasteiger partial charge in [0, 0.05) is 11.6 Å². The van der Waals surface area contributed by atoms with Crippen LogP contribution in [0.15, 0.2) is 36.4 Å². The molecule has 1 aliphatic carbocycles. The van der Waals surface area contributed by atoms with Gasteiger partial charge in [0.05, 0.1) is 6.10 Å². The number of fused-ring (bicyclic) bond motifs is 2. The molecule has 3 aliphatic rings. The van der Waals surface area contributed by atoms with Crippen molar-refractivity contribution in [2.24, 2.45) is 0 Å². The van der Waals surface area contributed by atoms with Crippen molar-refractivity contribution in [3.05, 3.63) is 58.7 Å². The molecule has 1 fully saturated rings. The van der Waals surface area contributed by atoms with E-state index in [1.165, 1.54) is 16.7 Å². The minimum absolute atomic E-state index is 0.215. The summed E-state index contributed by atoms with van der Waals surface area (Å²) in [6, 6.07) is 13.0. The van der Waals surface area contributed by atoms with E-state index in [1.807, 2.05) is 6.07 Å². The van der Waals surface area contributed by atoms with E-state index in [4.69, 9.17) is 9.47 Å². The Labute approximate surface area is 160 Å². The SMILES string of the molecule is Cc1ccc2c(c1)[C@@H](O)[C@H](N1CCC(c3cccc4c3OCCO4)CC1)C2. The fourth-order valence-corrected chi connectivity index (χ4v) is 5.01. The first kappa shape index (κ1) is 17.1. The first-order chi connectivity index (χ1) is 13.2. The van der Waals surface area contributed by atoms with E-state index >= 15 is 0 Å². The van der Waals surface area contributed by atoms with Crippen LogP contribution in [0.1, 0.15) is 47.1 Å². The fourth-order valence-electron chi connectivity index (χ4n) is 5.01. The molecule has 0 aromatic heterocycles. The van der Waals surface area contributed by atoms with Crippen molar-refractivity contribution in [1.82, 2.24) is 4.90 Å². The van der Waals surface area contributed by atoms with Gasteiger partial charge >= 0.3 is 0 Å². The van der Waals surface area contributed by atoms with Gasteiger partial charge in [-0.1, -0.05) is 35.9 Å². The second-order valence-electron chi connectivity index (χ2n) is 8.10. The molecule has 0 radical (unpaired) electrons. The lowest BCUT2D eigenvalue weighted by Crippen LogP contribution is -2.43. The highest BCUT2D eigenvalue weighted by molar-refractivity contribution is 5.49. The van der Waals surface area contributed by atoms with Crippen molar-refractivity contribution in [3.63, 3.8) is 0 Å². The van der Waals surface area contributed by atoms with E-state index in [9.17, 15) is 5.11 Å². The van der Waals surface area contributed by atoms with E-state index in [1.54, 1.807) is 0 Å². The van der Waals surface area contributed by atoms with Crippen LogP contribution < -0.4 is 9.47 Å². The number of aliphatic hydroxyl groups is 1. The van der Waals surface area contributed by atoms with Crippen molar-refractivity contribution in [2.45, 2.75) is 44.2 Å². The molecule has 4 nitrogen and oxygen atoms in total. The molecular weight excluding hydrogens is 338 g/mol. The maximum atomic E-state index is 10.9.